The van der Waals surface area contributed by atoms with Crippen LogP contribution in [0.5, 0.6) is 0 Å². The number of carbonyl (C=O) groups is 2. The van der Waals surface area contributed by atoms with Crippen LogP contribution in [0.4, 0.5) is 16.2 Å². The minimum Gasteiger partial charge on any atom is -0.336 e. The fraction of sp³-hybridized carbons (Fsp3) is 0.158. The molecule has 8 nitrogen and oxygen atoms in total. The first-order valence-corrected chi connectivity index (χ1v) is 8.55. The van der Waals surface area contributed by atoms with Crippen molar-refractivity contribution in [3.05, 3.63) is 47.5 Å². The molecule has 136 valence electrons. The number of nitrogens with zero attached hydrogens (tertiary/aromatic N) is 2. The summed E-state index contributed by atoms with van der Waals surface area (Å²) in [6.45, 7) is 3.77. The number of hydrogen-bond acceptors (Lipinski definition) is 4. The molecule has 2 aromatic carbocycles. The van der Waals surface area contributed by atoms with E-state index in [1.54, 1.807) is 24.3 Å². The van der Waals surface area contributed by atoms with Gasteiger partial charge in [0.15, 0.2) is 0 Å². The van der Waals surface area contributed by atoms with Crippen molar-refractivity contribution < 1.29 is 9.59 Å². The van der Waals surface area contributed by atoms with Gasteiger partial charge in [-0.1, -0.05) is 11.3 Å². The number of H-pyrrole nitrogens is 1. The smallest absolute Gasteiger partial charge is 0.319 e. The maximum absolute atomic E-state index is 12.4. The summed E-state index contributed by atoms with van der Waals surface area (Å²) >= 11 is 0. The highest BCUT2D eigenvalue weighted by Crippen LogP contribution is 2.35. The molecule has 2 heterocycles. The van der Waals surface area contributed by atoms with Crippen molar-refractivity contribution in [1.82, 2.24) is 20.7 Å². The number of aromatic nitrogens is 3. The average Bonchev–Trinajstić information content (AvgIpc) is 3.19. The van der Waals surface area contributed by atoms with E-state index in [0.717, 1.165) is 22.2 Å². The molecule has 1 aliphatic rings. The Hall–Kier alpha value is -3.68. The van der Waals surface area contributed by atoms with Crippen LogP contribution in [0.15, 0.2) is 36.4 Å². The Kier molecular flexibility index (Phi) is 4.08. The molecule has 0 saturated carbocycles. The third-order valence-corrected chi connectivity index (χ3v) is 4.14. The standard InChI is InChI=1S/C19H18N6O2/c1-10(2)20-19(27)21-12-4-6-15-13(9-12)14(18(26)22-15)7-11-3-5-16-17(8-11)24-25-23-16/h3-10H,1-2H3,(H,22,26)(H2,20,21,27)(H,23,24,25). The number of rotatable bonds is 3. The molecule has 8 heteroatoms. The molecule has 4 N–H and O–H groups in total. The normalized spacial score (nSPS) is 14.5. The number of fused-ring (bicyclic) bond motifs is 2. The monoisotopic (exact) mass is 362 g/mol. The molecular formula is C19H18N6O2. The number of urea groups is 1. The molecule has 0 fully saturated rings. The van der Waals surface area contributed by atoms with E-state index in [2.05, 4.69) is 31.4 Å². The van der Waals surface area contributed by atoms with E-state index >= 15 is 0 Å². The van der Waals surface area contributed by atoms with Crippen LogP contribution in [0.3, 0.4) is 0 Å². The van der Waals surface area contributed by atoms with Gasteiger partial charge in [-0.3, -0.25) is 9.89 Å². The van der Waals surface area contributed by atoms with Crippen molar-refractivity contribution in [1.29, 1.82) is 0 Å². The first-order chi connectivity index (χ1) is 13.0. The molecule has 0 radical (unpaired) electrons. The number of amides is 3. The van der Waals surface area contributed by atoms with Gasteiger partial charge in [-0.25, -0.2) is 4.79 Å². The van der Waals surface area contributed by atoms with E-state index in [1.807, 2.05) is 32.0 Å². The zero-order valence-electron chi connectivity index (χ0n) is 14.8. The second kappa shape index (κ2) is 6.56. The highest BCUT2D eigenvalue weighted by atomic mass is 16.2. The molecule has 4 rings (SSSR count). The van der Waals surface area contributed by atoms with Crippen molar-refractivity contribution in [3.8, 4) is 0 Å². The summed E-state index contributed by atoms with van der Waals surface area (Å²) in [5.41, 5.74) is 4.98. The summed E-state index contributed by atoms with van der Waals surface area (Å²) in [7, 11) is 0. The summed E-state index contributed by atoms with van der Waals surface area (Å²) in [5, 5.41) is 19.0. The minimum atomic E-state index is -0.288. The quantitative estimate of drug-likeness (QED) is 0.537. The molecule has 0 aliphatic carbocycles. The summed E-state index contributed by atoms with van der Waals surface area (Å²) in [6.07, 6.45) is 1.80. The fourth-order valence-corrected chi connectivity index (χ4v) is 2.95. The van der Waals surface area contributed by atoms with Crippen molar-refractivity contribution in [2.45, 2.75) is 19.9 Å². The van der Waals surface area contributed by atoms with Gasteiger partial charge in [-0.15, -0.1) is 5.10 Å². The van der Waals surface area contributed by atoms with Gasteiger partial charge in [0.25, 0.3) is 5.91 Å². The highest BCUT2D eigenvalue weighted by molar-refractivity contribution is 6.35. The van der Waals surface area contributed by atoms with Crippen LogP contribution in [0.1, 0.15) is 25.0 Å². The lowest BCUT2D eigenvalue weighted by molar-refractivity contribution is -0.110. The summed E-state index contributed by atoms with van der Waals surface area (Å²) in [5.74, 6) is -0.186. The lowest BCUT2D eigenvalue weighted by Gasteiger charge is -2.11. The third-order valence-electron chi connectivity index (χ3n) is 4.14. The average molecular weight is 362 g/mol. The van der Waals surface area contributed by atoms with Gasteiger partial charge in [-0.05, 0) is 55.8 Å². The molecule has 27 heavy (non-hydrogen) atoms. The maximum atomic E-state index is 12.4. The molecule has 1 aromatic heterocycles. The van der Waals surface area contributed by atoms with Crippen LogP contribution in [0.25, 0.3) is 22.7 Å². The van der Waals surface area contributed by atoms with E-state index in [0.29, 0.717) is 16.9 Å². The number of aromatic amines is 1. The maximum Gasteiger partial charge on any atom is 0.319 e. The zero-order valence-corrected chi connectivity index (χ0v) is 14.8. The first kappa shape index (κ1) is 16.8. The molecule has 0 unspecified atom stereocenters. The predicted molar refractivity (Wildman–Crippen MR) is 104 cm³/mol. The predicted octanol–water partition coefficient (Wildman–Crippen LogP) is 2.98. The highest BCUT2D eigenvalue weighted by Gasteiger charge is 2.24. The number of anilines is 2. The number of benzene rings is 2. The Morgan fingerprint density at radius 2 is 2.04 bits per heavy atom. The van der Waals surface area contributed by atoms with E-state index in [-0.39, 0.29) is 18.0 Å². The van der Waals surface area contributed by atoms with E-state index < -0.39 is 0 Å². The van der Waals surface area contributed by atoms with Gasteiger partial charge in [-0.2, -0.15) is 0 Å². The van der Waals surface area contributed by atoms with Gasteiger partial charge in [0.05, 0.1) is 5.52 Å². The molecular weight excluding hydrogens is 344 g/mol. The minimum absolute atomic E-state index is 0.0320. The zero-order chi connectivity index (χ0) is 19.0. The van der Waals surface area contributed by atoms with Crippen molar-refractivity contribution in [3.63, 3.8) is 0 Å². The second-order valence-corrected chi connectivity index (χ2v) is 6.61. The largest absolute Gasteiger partial charge is 0.336 e. The second-order valence-electron chi connectivity index (χ2n) is 6.61. The van der Waals surface area contributed by atoms with Crippen LogP contribution in [-0.2, 0) is 4.79 Å². The Morgan fingerprint density at radius 1 is 1.19 bits per heavy atom. The van der Waals surface area contributed by atoms with Gasteiger partial charge in [0.1, 0.15) is 5.52 Å². The van der Waals surface area contributed by atoms with E-state index in [9.17, 15) is 9.59 Å². The van der Waals surface area contributed by atoms with Crippen LogP contribution < -0.4 is 16.0 Å². The molecule has 0 saturated heterocycles. The summed E-state index contributed by atoms with van der Waals surface area (Å²) in [4.78, 5) is 24.3. The fourth-order valence-electron chi connectivity index (χ4n) is 2.95. The summed E-state index contributed by atoms with van der Waals surface area (Å²) < 4.78 is 0. The third kappa shape index (κ3) is 3.37. The summed E-state index contributed by atoms with van der Waals surface area (Å²) in [6, 6.07) is 10.7. The van der Waals surface area contributed by atoms with Crippen LogP contribution >= 0.6 is 0 Å². The topological polar surface area (TPSA) is 112 Å². The van der Waals surface area contributed by atoms with Crippen molar-refractivity contribution in [2.75, 3.05) is 10.6 Å². The molecule has 3 aromatic rings. The Morgan fingerprint density at radius 3 is 2.85 bits per heavy atom. The number of carbonyl (C=O) groups excluding carboxylic acids is 2. The van der Waals surface area contributed by atoms with Gasteiger partial charge in [0.2, 0.25) is 0 Å². The Labute approximate surface area is 155 Å². The van der Waals surface area contributed by atoms with Gasteiger partial charge in [0, 0.05) is 28.6 Å². The van der Waals surface area contributed by atoms with Crippen molar-refractivity contribution in [2.24, 2.45) is 0 Å². The molecule has 0 spiro atoms. The van der Waals surface area contributed by atoms with E-state index in [1.165, 1.54) is 0 Å². The van der Waals surface area contributed by atoms with Crippen molar-refractivity contribution >= 4 is 46.0 Å². The Bertz CT molecular complexity index is 1080. The molecule has 0 bridgehead atoms. The van der Waals surface area contributed by atoms with Crippen LogP contribution in [0, 0.1) is 0 Å². The first-order valence-electron chi connectivity index (χ1n) is 8.55. The number of nitrogens with one attached hydrogen (secondary N) is 4. The van der Waals surface area contributed by atoms with E-state index in [4.69, 9.17) is 0 Å². The van der Waals surface area contributed by atoms with Gasteiger partial charge < -0.3 is 16.0 Å². The SMILES string of the molecule is CC(C)NC(=O)Nc1ccc2c(c1)C(=Cc1ccc3[nH]nnc3c1)C(=O)N2. The molecule has 0 atom stereocenters. The lowest BCUT2D eigenvalue weighted by Crippen LogP contribution is -2.34. The molecule has 1 aliphatic heterocycles. The Balaban J connectivity index is 1.66. The lowest BCUT2D eigenvalue weighted by atomic mass is 10.0. The molecule has 3 amide bonds. The van der Waals surface area contributed by atoms with Gasteiger partial charge >= 0.3 is 6.03 Å². The van der Waals surface area contributed by atoms with Crippen LogP contribution in [-0.4, -0.2) is 33.4 Å². The number of hydrogen-bond donors (Lipinski definition) is 4. The van der Waals surface area contributed by atoms with Crippen LogP contribution in [0.2, 0.25) is 0 Å².